The van der Waals surface area contributed by atoms with Gasteiger partial charge in [-0.05, 0) is 25.8 Å². The third kappa shape index (κ3) is 3.46. The molecule has 0 aliphatic heterocycles. The third-order valence-corrected chi connectivity index (χ3v) is 2.91. The van der Waals surface area contributed by atoms with E-state index < -0.39 is 0 Å². The van der Waals surface area contributed by atoms with Crippen molar-refractivity contribution in [2.75, 3.05) is 0 Å². The lowest BCUT2D eigenvalue weighted by molar-refractivity contribution is 0.0944. The van der Waals surface area contributed by atoms with Crippen LogP contribution in [0, 0.1) is 6.92 Å². The quantitative estimate of drug-likeness (QED) is 0.781. The van der Waals surface area contributed by atoms with E-state index >= 15 is 0 Å². The van der Waals surface area contributed by atoms with Gasteiger partial charge in [0.15, 0.2) is 0 Å². The molecule has 5 nitrogen and oxygen atoms in total. The van der Waals surface area contributed by atoms with Crippen LogP contribution in [0.2, 0.25) is 0 Å². The molecule has 0 saturated heterocycles. The molecule has 0 spiro atoms. The van der Waals surface area contributed by atoms with Crippen LogP contribution in [0.25, 0.3) is 0 Å². The fourth-order valence-electron chi connectivity index (χ4n) is 1.58. The van der Waals surface area contributed by atoms with Crippen LogP contribution >= 0.6 is 12.2 Å². The molecule has 18 heavy (non-hydrogen) atoms. The smallest absolute Gasteiger partial charge is 0.253 e. The van der Waals surface area contributed by atoms with Crippen LogP contribution in [0.5, 0.6) is 0 Å². The van der Waals surface area contributed by atoms with E-state index in [1.165, 1.54) is 0 Å². The first-order valence-corrected chi connectivity index (χ1v) is 6.33. The molecule has 0 bridgehead atoms. The number of nitrogens with zero attached hydrogens (tertiary/aromatic N) is 2. The van der Waals surface area contributed by atoms with E-state index in [0.29, 0.717) is 34.8 Å². The highest BCUT2D eigenvalue weighted by Crippen LogP contribution is 2.08. The molecule has 1 heterocycles. The Kier molecular flexibility index (Phi) is 5.15. The zero-order valence-electron chi connectivity index (χ0n) is 10.9. The average molecular weight is 266 g/mol. The van der Waals surface area contributed by atoms with Crippen LogP contribution in [0.4, 0.5) is 0 Å². The van der Waals surface area contributed by atoms with Gasteiger partial charge in [0.1, 0.15) is 0 Å². The van der Waals surface area contributed by atoms with E-state index in [1.807, 2.05) is 13.8 Å². The Balaban J connectivity index is 2.96. The highest BCUT2D eigenvalue weighted by molar-refractivity contribution is 7.80. The van der Waals surface area contributed by atoms with E-state index in [9.17, 15) is 4.79 Å². The summed E-state index contributed by atoms with van der Waals surface area (Å²) in [4.78, 5) is 12.5. The summed E-state index contributed by atoms with van der Waals surface area (Å²) in [5, 5.41) is 10.8. The molecule has 0 fully saturated rings. The third-order valence-electron chi connectivity index (χ3n) is 2.63. The summed E-state index contributed by atoms with van der Waals surface area (Å²) in [5.41, 5.74) is 7.49. The summed E-state index contributed by atoms with van der Waals surface area (Å²) < 4.78 is 0. The maximum Gasteiger partial charge on any atom is 0.253 e. The van der Waals surface area contributed by atoms with E-state index in [0.717, 1.165) is 0 Å². The maximum atomic E-state index is 12.2. The summed E-state index contributed by atoms with van der Waals surface area (Å²) in [6, 6.07) is 1.44. The average Bonchev–Trinajstić information content (AvgIpc) is 2.35. The zero-order valence-corrected chi connectivity index (χ0v) is 11.7. The number of amides is 1. The van der Waals surface area contributed by atoms with Crippen molar-refractivity contribution in [1.82, 2.24) is 15.5 Å². The number of carbonyl (C=O) groups is 1. The standard InChI is InChI=1S/C12H18N4OS/c1-4-9-8(6-7(3)15-16-9)12(17)14-10(5-2)11(13)18/h6,10H,4-5H2,1-3H3,(H2,13,18)(H,14,17). The zero-order chi connectivity index (χ0) is 13.7. The van der Waals surface area contributed by atoms with Gasteiger partial charge in [0.25, 0.3) is 5.91 Å². The van der Waals surface area contributed by atoms with E-state index in [4.69, 9.17) is 18.0 Å². The van der Waals surface area contributed by atoms with Crippen molar-refractivity contribution >= 4 is 23.1 Å². The van der Waals surface area contributed by atoms with Gasteiger partial charge >= 0.3 is 0 Å². The topological polar surface area (TPSA) is 80.9 Å². The van der Waals surface area contributed by atoms with Crippen molar-refractivity contribution in [2.24, 2.45) is 5.73 Å². The molecule has 0 radical (unpaired) electrons. The predicted octanol–water partition coefficient (Wildman–Crippen LogP) is 1.14. The largest absolute Gasteiger partial charge is 0.392 e. The second-order valence-electron chi connectivity index (χ2n) is 4.04. The number of aryl methyl sites for hydroxylation is 2. The van der Waals surface area contributed by atoms with Gasteiger partial charge in [-0.25, -0.2) is 0 Å². The van der Waals surface area contributed by atoms with E-state index in [-0.39, 0.29) is 11.9 Å². The molecular weight excluding hydrogens is 248 g/mol. The number of hydrogen-bond acceptors (Lipinski definition) is 4. The first-order chi connectivity index (χ1) is 8.49. The minimum atomic E-state index is -0.286. The van der Waals surface area contributed by atoms with Crippen molar-refractivity contribution in [1.29, 1.82) is 0 Å². The van der Waals surface area contributed by atoms with Gasteiger partial charge in [0.2, 0.25) is 0 Å². The molecule has 0 saturated carbocycles. The highest BCUT2D eigenvalue weighted by atomic mass is 32.1. The molecule has 0 aliphatic rings. The molecular formula is C12H18N4OS. The molecule has 6 heteroatoms. The monoisotopic (exact) mass is 266 g/mol. The van der Waals surface area contributed by atoms with Crippen molar-refractivity contribution in [3.05, 3.63) is 23.0 Å². The number of thiocarbonyl (C=S) groups is 1. The number of nitrogens with two attached hydrogens (primary N) is 1. The second-order valence-corrected chi connectivity index (χ2v) is 4.51. The molecule has 3 N–H and O–H groups in total. The summed E-state index contributed by atoms with van der Waals surface area (Å²) in [5.74, 6) is -0.204. The van der Waals surface area contributed by atoms with Crippen LogP contribution in [0.15, 0.2) is 6.07 Å². The Bertz CT molecular complexity index is 461. The molecule has 1 atom stereocenters. The van der Waals surface area contributed by atoms with Gasteiger partial charge in [0, 0.05) is 0 Å². The van der Waals surface area contributed by atoms with Crippen molar-refractivity contribution in [2.45, 2.75) is 39.7 Å². The van der Waals surface area contributed by atoms with Gasteiger partial charge in [-0.1, -0.05) is 26.1 Å². The van der Waals surface area contributed by atoms with Gasteiger partial charge in [-0.15, -0.1) is 0 Å². The Morgan fingerprint density at radius 2 is 2.17 bits per heavy atom. The van der Waals surface area contributed by atoms with Crippen molar-refractivity contribution < 1.29 is 4.79 Å². The lowest BCUT2D eigenvalue weighted by atomic mass is 10.1. The molecule has 0 aliphatic carbocycles. The molecule has 0 aromatic carbocycles. The van der Waals surface area contributed by atoms with Crippen molar-refractivity contribution in [3.8, 4) is 0 Å². The van der Waals surface area contributed by atoms with Crippen LogP contribution < -0.4 is 11.1 Å². The Hall–Kier alpha value is -1.56. The molecule has 1 aromatic heterocycles. The van der Waals surface area contributed by atoms with Crippen LogP contribution in [0.3, 0.4) is 0 Å². The van der Waals surface area contributed by atoms with Gasteiger partial charge in [0.05, 0.1) is 28.0 Å². The minimum absolute atomic E-state index is 0.204. The Morgan fingerprint density at radius 3 is 2.67 bits per heavy atom. The number of nitrogens with one attached hydrogen (secondary N) is 1. The van der Waals surface area contributed by atoms with Crippen molar-refractivity contribution in [3.63, 3.8) is 0 Å². The maximum absolute atomic E-state index is 12.2. The Labute approximate surface area is 112 Å². The molecule has 1 amide bonds. The van der Waals surface area contributed by atoms with Gasteiger partial charge in [-0.2, -0.15) is 10.2 Å². The second kappa shape index (κ2) is 6.39. The lowest BCUT2D eigenvalue weighted by Gasteiger charge is -2.16. The SMILES string of the molecule is CCc1nnc(C)cc1C(=O)NC(CC)C(N)=S. The van der Waals surface area contributed by atoms with Gasteiger partial charge in [-0.3, -0.25) is 4.79 Å². The van der Waals surface area contributed by atoms with Gasteiger partial charge < -0.3 is 11.1 Å². The summed E-state index contributed by atoms with van der Waals surface area (Å²) in [6.07, 6.45) is 1.32. The van der Waals surface area contributed by atoms with Crippen LogP contribution in [-0.4, -0.2) is 27.1 Å². The normalized spacial score (nSPS) is 11.9. The first kappa shape index (κ1) is 14.5. The first-order valence-electron chi connectivity index (χ1n) is 5.92. The summed E-state index contributed by atoms with van der Waals surface area (Å²) in [6.45, 7) is 5.65. The van der Waals surface area contributed by atoms with E-state index in [1.54, 1.807) is 13.0 Å². The van der Waals surface area contributed by atoms with E-state index in [2.05, 4.69) is 15.5 Å². The number of rotatable bonds is 5. The number of carbonyl (C=O) groups excluding carboxylic acids is 1. The number of aromatic nitrogens is 2. The molecule has 98 valence electrons. The predicted molar refractivity (Wildman–Crippen MR) is 74.5 cm³/mol. The fraction of sp³-hybridized carbons (Fsp3) is 0.500. The van der Waals surface area contributed by atoms with Crippen LogP contribution in [0.1, 0.15) is 42.0 Å². The molecule has 1 unspecified atom stereocenters. The highest BCUT2D eigenvalue weighted by Gasteiger charge is 2.17. The van der Waals surface area contributed by atoms with Crippen LogP contribution in [-0.2, 0) is 6.42 Å². The fourth-order valence-corrected chi connectivity index (χ4v) is 1.81. The lowest BCUT2D eigenvalue weighted by Crippen LogP contribution is -2.43. The molecule has 1 rings (SSSR count). The molecule has 1 aromatic rings. The summed E-state index contributed by atoms with van der Waals surface area (Å²) in [7, 11) is 0. The Morgan fingerprint density at radius 1 is 1.50 bits per heavy atom. The summed E-state index contributed by atoms with van der Waals surface area (Å²) >= 11 is 4.91. The number of hydrogen-bond donors (Lipinski definition) is 2. The minimum Gasteiger partial charge on any atom is -0.392 e.